The van der Waals surface area contributed by atoms with Gasteiger partial charge in [0.05, 0.1) is 25.8 Å². The number of amides is 1. The van der Waals surface area contributed by atoms with Crippen molar-refractivity contribution in [3.05, 3.63) is 56.0 Å². The van der Waals surface area contributed by atoms with Gasteiger partial charge in [-0.1, -0.05) is 46.4 Å². The summed E-state index contributed by atoms with van der Waals surface area (Å²) in [5.74, 6) is 0.0153. The van der Waals surface area contributed by atoms with Crippen LogP contribution < -0.4 is 9.75 Å². The number of halogens is 4. The Morgan fingerprint density at radius 2 is 1.60 bits per heavy atom. The van der Waals surface area contributed by atoms with E-state index >= 15 is 0 Å². The lowest BCUT2D eigenvalue weighted by molar-refractivity contribution is -0.121. The molecule has 1 unspecified atom stereocenters. The number of nitrogens with zero attached hydrogens (tertiary/aromatic N) is 2. The SMILES string of the molecule is CC1=NN(c2c(Cl)cc(C)cc2Cl)C(=O)C1Oc1ccc(Cl)c(Cl)c1. The molecule has 0 saturated heterocycles. The van der Waals surface area contributed by atoms with Gasteiger partial charge in [-0.05, 0) is 43.7 Å². The quantitative estimate of drug-likeness (QED) is 0.635. The summed E-state index contributed by atoms with van der Waals surface area (Å²) in [7, 11) is 0. The van der Waals surface area contributed by atoms with Crippen LogP contribution in [0.25, 0.3) is 0 Å². The summed E-state index contributed by atoms with van der Waals surface area (Å²) in [4.78, 5) is 12.8. The molecule has 2 aromatic carbocycles. The van der Waals surface area contributed by atoms with Gasteiger partial charge in [-0.2, -0.15) is 10.1 Å². The van der Waals surface area contributed by atoms with Gasteiger partial charge in [-0.25, -0.2) is 0 Å². The van der Waals surface area contributed by atoms with Gasteiger partial charge in [-0.3, -0.25) is 4.79 Å². The minimum Gasteiger partial charge on any atom is -0.474 e. The van der Waals surface area contributed by atoms with Gasteiger partial charge in [0.25, 0.3) is 5.91 Å². The lowest BCUT2D eigenvalue weighted by Gasteiger charge is -2.18. The first kappa shape index (κ1) is 18.3. The molecule has 0 bridgehead atoms. The third-order valence-electron chi connectivity index (χ3n) is 3.59. The number of aryl methyl sites for hydroxylation is 1. The summed E-state index contributed by atoms with van der Waals surface area (Å²) in [6, 6.07) is 8.20. The van der Waals surface area contributed by atoms with Crippen LogP contribution in [-0.2, 0) is 4.79 Å². The minimum atomic E-state index is -0.898. The predicted octanol–water partition coefficient (Wildman–Crippen LogP) is 5.78. The van der Waals surface area contributed by atoms with E-state index in [1.165, 1.54) is 5.01 Å². The highest BCUT2D eigenvalue weighted by Crippen LogP contribution is 2.37. The summed E-state index contributed by atoms with van der Waals surface area (Å²) in [6.07, 6.45) is -0.898. The van der Waals surface area contributed by atoms with Crippen molar-refractivity contribution < 1.29 is 9.53 Å². The van der Waals surface area contributed by atoms with Crippen LogP contribution in [0.5, 0.6) is 5.75 Å². The van der Waals surface area contributed by atoms with Crippen LogP contribution in [0.15, 0.2) is 35.4 Å². The number of ether oxygens (including phenoxy) is 1. The molecule has 0 spiro atoms. The summed E-state index contributed by atoms with van der Waals surface area (Å²) >= 11 is 24.4. The molecule has 1 aliphatic heterocycles. The number of anilines is 1. The Bertz CT molecular complexity index is 875. The third kappa shape index (κ3) is 3.58. The zero-order valence-electron chi connectivity index (χ0n) is 13.2. The van der Waals surface area contributed by atoms with Gasteiger partial charge in [0.15, 0.2) is 0 Å². The highest BCUT2D eigenvalue weighted by Gasteiger charge is 2.38. The Hall–Kier alpha value is -1.46. The predicted molar refractivity (Wildman–Crippen MR) is 103 cm³/mol. The zero-order valence-corrected chi connectivity index (χ0v) is 16.2. The molecule has 0 radical (unpaired) electrons. The van der Waals surface area contributed by atoms with Crippen LogP contribution in [0.1, 0.15) is 12.5 Å². The van der Waals surface area contributed by atoms with Crippen LogP contribution in [0.2, 0.25) is 20.1 Å². The summed E-state index contributed by atoms with van der Waals surface area (Å²) in [6.45, 7) is 3.55. The fourth-order valence-electron chi connectivity index (χ4n) is 2.43. The average molecular weight is 418 g/mol. The van der Waals surface area contributed by atoms with Crippen molar-refractivity contribution in [2.75, 3.05) is 5.01 Å². The van der Waals surface area contributed by atoms with Crippen molar-refractivity contribution in [2.45, 2.75) is 20.0 Å². The van der Waals surface area contributed by atoms with Crippen LogP contribution in [0, 0.1) is 6.92 Å². The second kappa shape index (κ2) is 7.04. The normalized spacial score (nSPS) is 17.0. The Labute approximate surface area is 164 Å². The molecule has 0 fully saturated rings. The lowest BCUT2D eigenvalue weighted by atomic mass is 10.2. The molecule has 0 aromatic heterocycles. The van der Waals surface area contributed by atoms with Crippen LogP contribution in [0.3, 0.4) is 0 Å². The van der Waals surface area contributed by atoms with E-state index < -0.39 is 12.0 Å². The Balaban J connectivity index is 1.90. The maximum absolute atomic E-state index is 12.8. The summed E-state index contributed by atoms with van der Waals surface area (Å²) in [5.41, 5.74) is 1.69. The minimum absolute atomic E-state index is 0.332. The first-order valence-corrected chi connectivity index (χ1v) is 8.75. The smallest absolute Gasteiger partial charge is 0.294 e. The zero-order chi connectivity index (χ0) is 18.3. The van der Waals surface area contributed by atoms with Crippen molar-refractivity contribution in [3.63, 3.8) is 0 Å². The molecule has 0 saturated carbocycles. The summed E-state index contributed by atoms with van der Waals surface area (Å²) < 4.78 is 5.74. The molecule has 3 rings (SSSR count). The van der Waals surface area contributed by atoms with E-state index in [-0.39, 0.29) is 0 Å². The van der Waals surface area contributed by atoms with Crippen molar-refractivity contribution in [2.24, 2.45) is 5.10 Å². The lowest BCUT2D eigenvalue weighted by Crippen LogP contribution is -2.36. The maximum atomic E-state index is 12.8. The molecule has 1 heterocycles. The van der Waals surface area contributed by atoms with Crippen molar-refractivity contribution in [1.82, 2.24) is 0 Å². The van der Waals surface area contributed by atoms with E-state index in [0.717, 1.165) is 5.56 Å². The average Bonchev–Trinajstić information content (AvgIpc) is 2.78. The fraction of sp³-hybridized carbons (Fsp3) is 0.176. The number of carbonyl (C=O) groups excluding carboxylic acids is 1. The Kier molecular flexibility index (Phi) is 5.16. The highest BCUT2D eigenvalue weighted by atomic mass is 35.5. The molecule has 8 heteroatoms. The Morgan fingerprint density at radius 3 is 2.20 bits per heavy atom. The second-order valence-corrected chi connectivity index (χ2v) is 7.17. The van der Waals surface area contributed by atoms with Gasteiger partial charge < -0.3 is 4.74 Å². The molecule has 0 aliphatic carbocycles. The fourth-order valence-corrected chi connectivity index (χ4v) is 3.47. The van der Waals surface area contributed by atoms with E-state index in [9.17, 15) is 4.79 Å². The van der Waals surface area contributed by atoms with Crippen LogP contribution in [0.4, 0.5) is 5.69 Å². The van der Waals surface area contributed by atoms with Crippen molar-refractivity contribution in [1.29, 1.82) is 0 Å². The summed E-state index contributed by atoms with van der Waals surface area (Å²) in [5, 5.41) is 6.83. The number of carbonyl (C=O) groups is 1. The highest BCUT2D eigenvalue weighted by molar-refractivity contribution is 6.42. The van der Waals surface area contributed by atoms with Gasteiger partial charge in [0.1, 0.15) is 11.4 Å². The number of benzene rings is 2. The molecule has 25 heavy (non-hydrogen) atoms. The van der Waals surface area contributed by atoms with Gasteiger partial charge in [0.2, 0.25) is 6.10 Å². The largest absolute Gasteiger partial charge is 0.474 e. The van der Waals surface area contributed by atoms with E-state index in [1.807, 2.05) is 6.92 Å². The molecule has 4 nitrogen and oxygen atoms in total. The van der Waals surface area contributed by atoms with E-state index in [2.05, 4.69) is 5.10 Å². The first-order valence-electron chi connectivity index (χ1n) is 7.24. The molecule has 130 valence electrons. The van der Waals surface area contributed by atoms with Gasteiger partial charge >= 0.3 is 0 Å². The van der Waals surface area contributed by atoms with Crippen LogP contribution in [-0.4, -0.2) is 17.7 Å². The number of hydrazone groups is 1. The first-order chi connectivity index (χ1) is 11.8. The molecular weight excluding hydrogens is 406 g/mol. The molecule has 2 aromatic rings. The number of rotatable bonds is 3. The number of hydrogen-bond acceptors (Lipinski definition) is 3. The standard InChI is InChI=1S/C17H12Cl4N2O2/c1-8-5-13(20)15(14(21)6-8)23-17(24)16(9(2)22-23)25-10-3-4-11(18)12(19)7-10/h3-7,16H,1-2H3. The third-order valence-corrected chi connectivity index (χ3v) is 4.90. The molecule has 1 aliphatic rings. The Morgan fingerprint density at radius 1 is 0.960 bits per heavy atom. The van der Waals surface area contributed by atoms with E-state index in [4.69, 9.17) is 51.1 Å². The van der Waals surface area contributed by atoms with E-state index in [0.29, 0.717) is 37.2 Å². The van der Waals surface area contributed by atoms with Crippen LogP contribution >= 0.6 is 46.4 Å². The van der Waals surface area contributed by atoms with E-state index in [1.54, 1.807) is 37.3 Å². The molecule has 0 N–H and O–H groups in total. The van der Waals surface area contributed by atoms with Gasteiger partial charge in [-0.15, -0.1) is 0 Å². The number of hydrogen-bond donors (Lipinski definition) is 0. The van der Waals surface area contributed by atoms with Gasteiger partial charge in [0, 0.05) is 6.07 Å². The molecule has 1 amide bonds. The molecule has 1 atom stereocenters. The van der Waals surface area contributed by atoms with Crippen molar-refractivity contribution >= 4 is 63.7 Å². The maximum Gasteiger partial charge on any atom is 0.294 e. The van der Waals surface area contributed by atoms with Crippen molar-refractivity contribution in [3.8, 4) is 5.75 Å². The second-order valence-electron chi connectivity index (χ2n) is 5.54. The topological polar surface area (TPSA) is 41.9 Å². The monoisotopic (exact) mass is 416 g/mol. The molecular formula is C17H12Cl4N2O2.